The maximum absolute atomic E-state index is 12.7. The number of amides is 1. The fraction of sp³-hybridized carbons (Fsp3) is 0.278. The third-order valence-corrected chi connectivity index (χ3v) is 4.64. The summed E-state index contributed by atoms with van der Waals surface area (Å²) >= 11 is 5.88. The second-order valence-electron chi connectivity index (χ2n) is 6.20. The Morgan fingerprint density at radius 1 is 1.12 bits per heavy atom. The molecule has 6 nitrogen and oxygen atoms in total. The van der Waals surface area contributed by atoms with Crippen molar-refractivity contribution < 1.29 is 4.79 Å². The topological polar surface area (TPSA) is 53.7 Å². The van der Waals surface area contributed by atoms with Gasteiger partial charge in [0.2, 0.25) is 0 Å². The Labute approximate surface area is 150 Å². The summed E-state index contributed by atoms with van der Waals surface area (Å²) in [5.74, 6) is -0.0643. The number of carbonyl (C=O) groups is 1. The molecule has 0 radical (unpaired) electrons. The highest BCUT2D eigenvalue weighted by Gasteiger charge is 2.24. The summed E-state index contributed by atoms with van der Waals surface area (Å²) in [6.45, 7) is 5.07. The highest BCUT2D eigenvalue weighted by Crippen LogP contribution is 2.19. The molecular formula is C18H18ClN5O. The van der Waals surface area contributed by atoms with E-state index in [-0.39, 0.29) is 5.91 Å². The molecule has 1 amide bonds. The number of piperazine rings is 1. The molecule has 1 aliphatic rings. The van der Waals surface area contributed by atoms with Crippen molar-refractivity contribution in [2.45, 2.75) is 6.92 Å². The van der Waals surface area contributed by atoms with Gasteiger partial charge in [0.1, 0.15) is 10.8 Å². The van der Waals surface area contributed by atoms with Gasteiger partial charge in [-0.3, -0.25) is 4.79 Å². The van der Waals surface area contributed by atoms with Gasteiger partial charge in [0.15, 0.2) is 5.65 Å². The van der Waals surface area contributed by atoms with Gasteiger partial charge in [0.05, 0.1) is 6.20 Å². The van der Waals surface area contributed by atoms with Crippen molar-refractivity contribution in [3.05, 3.63) is 59.0 Å². The molecular weight excluding hydrogens is 338 g/mol. The van der Waals surface area contributed by atoms with Crippen molar-refractivity contribution in [1.29, 1.82) is 0 Å². The molecule has 0 N–H and O–H groups in total. The van der Waals surface area contributed by atoms with E-state index in [1.807, 2.05) is 4.90 Å². The number of fused-ring (bicyclic) bond motifs is 1. The average molecular weight is 356 g/mol. The maximum atomic E-state index is 12.7. The zero-order chi connectivity index (χ0) is 17.4. The first-order valence-electron chi connectivity index (χ1n) is 8.23. The number of imidazole rings is 1. The third kappa shape index (κ3) is 3.17. The fourth-order valence-corrected chi connectivity index (χ4v) is 3.26. The standard InChI is InChI=1S/C18H18ClN5O/c1-13-3-2-4-14(11-13)22-7-9-23(10-8-22)18(25)15-12-24-17(20-15)6-5-16(19)21-24/h2-6,11-12H,7-10H2,1H3. The second kappa shape index (κ2) is 6.37. The summed E-state index contributed by atoms with van der Waals surface area (Å²) in [6, 6.07) is 11.9. The van der Waals surface area contributed by atoms with Crippen molar-refractivity contribution in [1.82, 2.24) is 19.5 Å². The molecule has 0 spiro atoms. The molecule has 3 heterocycles. The lowest BCUT2D eigenvalue weighted by Gasteiger charge is -2.36. The Kier molecular flexibility index (Phi) is 4.05. The van der Waals surface area contributed by atoms with Crippen LogP contribution in [0.15, 0.2) is 42.6 Å². The Balaban J connectivity index is 1.47. The van der Waals surface area contributed by atoms with Crippen LogP contribution in [-0.2, 0) is 0 Å². The van der Waals surface area contributed by atoms with Gasteiger partial charge in [-0.1, -0.05) is 23.7 Å². The SMILES string of the molecule is Cc1cccc(N2CCN(C(=O)c3cn4nc(Cl)ccc4n3)CC2)c1. The molecule has 7 heteroatoms. The summed E-state index contributed by atoms with van der Waals surface area (Å²) in [5.41, 5.74) is 3.47. The summed E-state index contributed by atoms with van der Waals surface area (Å²) in [7, 11) is 0. The molecule has 1 saturated heterocycles. The highest BCUT2D eigenvalue weighted by molar-refractivity contribution is 6.29. The fourth-order valence-electron chi connectivity index (χ4n) is 3.12. The van der Waals surface area contributed by atoms with Crippen LogP contribution < -0.4 is 4.90 Å². The van der Waals surface area contributed by atoms with Crippen LogP contribution in [0.5, 0.6) is 0 Å². The lowest BCUT2D eigenvalue weighted by atomic mass is 10.2. The summed E-state index contributed by atoms with van der Waals surface area (Å²) < 4.78 is 1.54. The quantitative estimate of drug-likeness (QED) is 0.709. The minimum Gasteiger partial charge on any atom is -0.368 e. The largest absolute Gasteiger partial charge is 0.368 e. The smallest absolute Gasteiger partial charge is 0.274 e. The van der Waals surface area contributed by atoms with E-state index >= 15 is 0 Å². The van der Waals surface area contributed by atoms with Crippen molar-refractivity contribution in [2.75, 3.05) is 31.1 Å². The summed E-state index contributed by atoms with van der Waals surface area (Å²) in [6.07, 6.45) is 1.64. The van der Waals surface area contributed by atoms with E-state index in [0.717, 1.165) is 13.1 Å². The first-order valence-corrected chi connectivity index (χ1v) is 8.61. The maximum Gasteiger partial charge on any atom is 0.274 e. The number of hydrogen-bond donors (Lipinski definition) is 0. The first-order chi connectivity index (χ1) is 12.1. The van der Waals surface area contributed by atoms with E-state index in [2.05, 4.69) is 46.2 Å². The lowest BCUT2D eigenvalue weighted by Crippen LogP contribution is -2.48. The Morgan fingerprint density at radius 2 is 1.92 bits per heavy atom. The van der Waals surface area contributed by atoms with Crippen LogP contribution in [0.1, 0.15) is 16.1 Å². The number of anilines is 1. The van der Waals surface area contributed by atoms with Gasteiger partial charge in [-0.15, -0.1) is 0 Å². The van der Waals surface area contributed by atoms with E-state index in [1.165, 1.54) is 11.3 Å². The van der Waals surface area contributed by atoms with Crippen LogP contribution in [0.25, 0.3) is 5.65 Å². The number of nitrogens with zero attached hydrogens (tertiary/aromatic N) is 5. The van der Waals surface area contributed by atoms with Crippen molar-refractivity contribution in [3.8, 4) is 0 Å². The van der Waals surface area contributed by atoms with Gasteiger partial charge in [-0.05, 0) is 36.8 Å². The molecule has 0 aliphatic carbocycles. The number of aryl methyl sites for hydroxylation is 1. The number of benzene rings is 1. The minimum absolute atomic E-state index is 0.0643. The molecule has 1 aromatic carbocycles. The monoisotopic (exact) mass is 355 g/mol. The highest BCUT2D eigenvalue weighted by atomic mass is 35.5. The molecule has 4 rings (SSSR count). The van der Waals surface area contributed by atoms with Crippen LogP contribution in [0, 0.1) is 6.92 Å². The molecule has 2 aromatic heterocycles. The number of hydrogen-bond acceptors (Lipinski definition) is 4. The molecule has 0 bridgehead atoms. The van der Waals surface area contributed by atoms with Crippen LogP contribution in [0.4, 0.5) is 5.69 Å². The molecule has 1 fully saturated rings. The van der Waals surface area contributed by atoms with Gasteiger partial charge in [0.25, 0.3) is 5.91 Å². The Morgan fingerprint density at radius 3 is 2.68 bits per heavy atom. The van der Waals surface area contributed by atoms with E-state index in [9.17, 15) is 4.79 Å². The van der Waals surface area contributed by atoms with Crippen LogP contribution >= 0.6 is 11.6 Å². The molecule has 25 heavy (non-hydrogen) atoms. The van der Waals surface area contributed by atoms with Gasteiger partial charge < -0.3 is 9.80 Å². The van der Waals surface area contributed by atoms with Crippen molar-refractivity contribution in [2.24, 2.45) is 0 Å². The van der Waals surface area contributed by atoms with E-state index in [1.54, 1.807) is 22.8 Å². The van der Waals surface area contributed by atoms with Crippen molar-refractivity contribution in [3.63, 3.8) is 0 Å². The lowest BCUT2D eigenvalue weighted by molar-refractivity contribution is 0.0741. The predicted molar refractivity (Wildman–Crippen MR) is 97.3 cm³/mol. The predicted octanol–water partition coefficient (Wildman–Crippen LogP) is 2.65. The minimum atomic E-state index is -0.0643. The van der Waals surface area contributed by atoms with E-state index < -0.39 is 0 Å². The molecule has 3 aromatic rings. The molecule has 128 valence electrons. The van der Waals surface area contributed by atoms with Crippen LogP contribution in [0.3, 0.4) is 0 Å². The molecule has 1 aliphatic heterocycles. The summed E-state index contributed by atoms with van der Waals surface area (Å²) in [4.78, 5) is 21.2. The zero-order valence-corrected chi connectivity index (χ0v) is 14.6. The molecule has 0 saturated carbocycles. The summed E-state index contributed by atoms with van der Waals surface area (Å²) in [5, 5.41) is 4.50. The van der Waals surface area contributed by atoms with E-state index in [0.29, 0.717) is 29.6 Å². The Bertz CT molecular complexity index is 930. The normalized spacial score (nSPS) is 15.0. The van der Waals surface area contributed by atoms with E-state index in [4.69, 9.17) is 11.6 Å². The molecule has 0 atom stereocenters. The third-order valence-electron chi connectivity index (χ3n) is 4.44. The number of aromatic nitrogens is 3. The van der Waals surface area contributed by atoms with Gasteiger partial charge in [-0.2, -0.15) is 5.10 Å². The number of rotatable bonds is 2. The van der Waals surface area contributed by atoms with Crippen LogP contribution in [-0.4, -0.2) is 51.6 Å². The average Bonchev–Trinajstić information content (AvgIpc) is 3.04. The van der Waals surface area contributed by atoms with Gasteiger partial charge in [0, 0.05) is 31.9 Å². The number of halogens is 1. The first kappa shape index (κ1) is 15.9. The zero-order valence-electron chi connectivity index (χ0n) is 13.9. The van der Waals surface area contributed by atoms with Crippen LogP contribution in [0.2, 0.25) is 5.15 Å². The second-order valence-corrected chi connectivity index (χ2v) is 6.59. The van der Waals surface area contributed by atoms with Gasteiger partial charge >= 0.3 is 0 Å². The van der Waals surface area contributed by atoms with Crippen molar-refractivity contribution >= 4 is 28.8 Å². The molecule has 0 unspecified atom stereocenters. The number of carbonyl (C=O) groups excluding carboxylic acids is 1. The van der Waals surface area contributed by atoms with Gasteiger partial charge in [-0.25, -0.2) is 9.50 Å². The Hall–Kier alpha value is -2.60.